The standard InChI is InChI=1S/C23H41N3O5/c1-4-5-7-10-19-11-8-6-9-14-24-21(28)13-12-18(16-27)25-22(29)20(15-17(2)3)26-23(30)31-19/h16-20H,4-15H2,1-3H3,(H,24,28)(H,25,29)(H,26,30)/t18-,19?,20-/m0/s1. The summed E-state index contributed by atoms with van der Waals surface area (Å²) in [5.41, 5.74) is 0. The number of amides is 3. The zero-order valence-electron chi connectivity index (χ0n) is 19.4. The lowest BCUT2D eigenvalue weighted by molar-refractivity contribution is -0.127. The van der Waals surface area contributed by atoms with Gasteiger partial charge in [-0.2, -0.15) is 0 Å². The lowest BCUT2D eigenvalue weighted by Crippen LogP contribution is -2.51. The van der Waals surface area contributed by atoms with Gasteiger partial charge in [-0.05, 0) is 50.9 Å². The number of hydrogen-bond acceptors (Lipinski definition) is 5. The van der Waals surface area contributed by atoms with E-state index in [0.717, 1.165) is 51.4 Å². The van der Waals surface area contributed by atoms with E-state index in [4.69, 9.17) is 4.74 Å². The summed E-state index contributed by atoms with van der Waals surface area (Å²) in [6.07, 6.45) is 8.07. The molecule has 0 aliphatic carbocycles. The molecule has 1 saturated heterocycles. The van der Waals surface area contributed by atoms with Crippen LogP contribution in [0.1, 0.15) is 91.4 Å². The zero-order valence-corrected chi connectivity index (χ0v) is 19.4. The molecule has 1 fully saturated rings. The van der Waals surface area contributed by atoms with Crippen molar-refractivity contribution in [2.45, 2.75) is 110 Å². The van der Waals surface area contributed by atoms with Crippen LogP contribution >= 0.6 is 0 Å². The maximum absolute atomic E-state index is 12.7. The second kappa shape index (κ2) is 15.6. The van der Waals surface area contributed by atoms with E-state index in [1.165, 1.54) is 0 Å². The summed E-state index contributed by atoms with van der Waals surface area (Å²) in [6, 6.07) is -1.57. The van der Waals surface area contributed by atoms with Crippen LogP contribution in [0, 0.1) is 5.92 Å². The molecule has 0 bridgehead atoms. The first-order chi connectivity index (χ1) is 14.8. The second-order valence-electron chi connectivity index (χ2n) is 8.84. The summed E-state index contributed by atoms with van der Waals surface area (Å²) in [5.74, 6) is -0.404. The molecule has 0 saturated carbocycles. The van der Waals surface area contributed by atoms with Gasteiger partial charge in [-0.3, -0.25) is 9.59 Å². The predicted molar refractivity (Wildman–Crippen MR) is 119 cm³/mol. The van der Waals surface area contributed by atoms with Crippen molar-refractivity contribution in [3.05, 3.63) is 0 Å². The minimum atomic E-state index is -0.796. The van der Waals surface area contributed by atoms with Gasteiger partial charge < -0.3 is 25.5 Å². The van der Waals surface area contributed by atoms with E-state index in [1.807, 2.05) is 13.8 Å². The topological polar surface area (TPSA) is 114 Å². The molecule has 0 aromatic carbocycles. The van der Waals surface area contributed by atoms with Crippen LogP contribution in [0.3, 0.4) is 0 Å². The highest BCUT2D eigenvalue weighted by atomic mass is 16.6. The van der Waals surface area contributed by atoms with Crippen molar-refractivity contribution in [1.29, 1.82) is 0 Å². The molecule has 0 spiro atoms. The molecular weight excluding hydrogens is 398 g/mol. The molecule has 0 aromatic heterocycles. The smallest absolute Gasteiger partial charge is 0.408 e. The Bertz CT molecular complexity index is 567. The number of unbranched alkanes of at least 4 members (excludes halogenated alkanes) is 2. The molecule has 8 nitrogen and oxygen atoms in total. The van der Waals surface area contributed by atoms with E-state index < -0.39 is 24.1 Å². The Labute approximate surface area is 186 Å². The van der Waals surface area contributed by atoms with Crippen LogP contribution in [0.15, 0.2) is 0 Å². The van der Waals surface area contributed by atoms with E-state index >= 15 is 0 Å². The van der Waals surface area contributed by atoms with Crippen molar-refractivity contribution in [2.75, 3.05) is 6.54 Å². The largest absolute Gasteiger partial charge is 0.446 e. The van der Waals surface area contributed by atoms with Crippen molar-refractivity contribution in [3.63, 3.8) is 0 Å². The minimum absolute atomic E-state index is 0.127. The van der Waals surface area contributed by atoms with Gasteiger partial charge >= 0.3 is 6.09 Å². The Morgan fingerprint density at radius 1 is 1.06 bits per heavy atom. The van der Waals surface area contributed by atoms with Crippen LogP contribution in [0.5, 0.6) is 0 Å². The number of ether oxygens (including phenoxy) is 1. The molecule has 1 aliphatic rings. The van der Waals surface area contributed by atoms with Crippen LogP contribution in [-0.4, -0.2) is 48.9 Å². The summed E-state index contributed by atoms with van der Waals surface area (Å²) in [6.45, 7) is 6.62. The number of alkyl carbamates (subject to hydrolysis) is 1. The third-order valence-corrected chi connectivity index (χ3v) is 5.42. The highest BCUT2D eigenvalue weighted by Crippen LogP contribution is 2.15. The summed E-state index contributed by atoms with van der Waals surface area (Å²) >= 11 is 0. The van der Waals surface area contributed by atoms with Crippen LogP contribution in [-0.2, 0) is 19.1 Å². The van der Waals surface area contributed by atoms with Crippen LogP contribution < -0.4 is 16.0 Å². The summed E-state index contributed by atoms with van der Waals surface area (Å²) in [4.78, 5) is 48.7. The van der Waals surface area contributed by atoms with Crippen LogP contribution in [0.2, 0.25) is 0 Å². The minimum Gasteiger partial charge on any atom is -0.446 e. The first kappa shape index (κ1) is 26.9. The first-order valence-electron chi connectivity index (χ1n) is 11.8. The number of rotatable bonds is 7. The maximum Gasteiger partial charge on any atom is 0.408 e. The number of aldehydes is 1. The Morgan fingerprint density at radius 2 is 1.84 bits per heavy atom. The highest BCUT2D eigenvalue weighted by molar-refractivity contribution is 5.87. The van der Waals surface area contributed by atoms with Crippen molar-refractivity contribution in [1.82, 2.24) is 16.0 Å². The average Bonchev–Trinajstić information content (AvgIpc) is 2.71. The Kier molecular flexibility index (Phi) is 13.6. The van der Waals surface area contributed by atoms with Crippen molar-refractivity contribution < 1.29 is 23.9 Å². The number of cyclic esters (lactones) is 1. The van der Waals surface area contributed by atoms with Crippen LogP contribution in [0.25, 0.3) is 0 Å². The molecule has 1 unspecified atom stereocenters. The van der Waals surface area contributed by atoms with Gasteiger partial charge in [-0.15, -0.1) is 0 Å². The number of carbonyl (C=O) groups excluding carboxylic acids is 4. The first-order valence-corrected chi connectivity index (χ1v) is 11.8. The van der Waals surface area contributed by atoms with Gasteiger partial charge in [0.05, 0.1) is 6.04 Å². The molecule has 1 rings (SSSR count). The van der Waals surface area contributed by atoms with Crippen LogP contribution in [0.4, 0.5) is 4.79 Å². The van der Waals surface area contributed by atoms with Gasteiger partial charge in [0, 0.05) is 13.0 Å². The Morgan fingerprint density at radius 3 is 2.52 bits per heavy atom. The van der Waals surface area contributed by atoms with Gasteiger partial charge in [0.1, 0.15) is 18.4 Å². The van der Waals surface area contributed by atoms with Crippen molar-refractivity contribution >= 4 is 24.2 Å². The summed E-state index contributed by atoms with van der Waals surface area (Å²) < 4.78 is 5.68. The molecule has 1 aliphatic heterocycles. The number of nitrogens with one attached hydrogen (secondary N) is 3. The fourth-order valence-electron chi connectivity index (χ4n) is 3.65. The quantitative estimate of drug-likeness (QED) is 0.416. The monoisotopic (exact) mass is 439 g/mol. The Balaban J connectivity index is 2.89. The van der Waals surface area contributed by atoms with Gasteiger partial charge in [-0.1, -0.05) is 40.0 Å². The van der Waals surface area contributed by atoms with Gasteiger partial charge in [-0.25, -0.2) is 4.79 Å². The van der Waals surface area contributed by atoms with Gasteiger partial charge in [0.15, 0.2) is 0 Å². The van der Waals surface area contributed by atoms with Crippen molar-refractivity contribution in [3.8, 4) is 0 Å². The zero-order chi connectivity index (χ0) is 23.1. The molecular formula is C23H41N3O5. The Hall–Kier alpha value is -2.12. The average molecular weight is 440 g/mol. The predicted octanol–water partition coefficient (Wildman–Crippen LogP) is 3.23. The number of hydrogen-bond donors (Lipinski definition) is 3. The lowest BCUT2D eigenvalue weighted by atomic mass is 10.0. The molecule has 3 atom stereocenters. The summed E-state index contributed by atoms with van der Waals surface area (Å²) in [7, 11) is 0. The normalized spacial score (nSPS) is 25.0. The lowest BCUT2D eigenvalue weighted by Gasteiger charge is -2.24. The maximum atomic E-state index is 12.7. The SMILES string of the molecule is CCCCCC1CCCCCNC(=O)CC[C@@H](C=O)NC(=O)[C@H](CC(C)C)NC(=O)O1. The van der Waals surface area contributed by atoms with E-state index in [2.05, 4.69) is 22.9 Å². The second-order valence-corrected chi connectivity index (χ2v) is 8.84. The molecule has 3 N–H and O–H groups in total. The van der Waals surface area contributed by atoms with E-state index in [9.17, 15) is 19.2 Å². The number of carbonyl (C=O) groups is 4. The molecule has 1 heterocycles. The molecule has 31 heavy (non-hydrogen) atoms. The molecule has 8 heteroatoms. The summed E-state index contributed by atoms with van der Waals surface area (Å²) in [5, 5.41) is 8.21. The van der Waals surface area contributed by atoms with E-state index in [0.29, 0.717) is 19.3 Å². The fourth-order valence-corrected chi connectivity index (χ4v) is 3.65. The molecule has 178 valence electrons. The highest BCUT2D eigenvalue weighted by Gasteiger charge is 2.26. The molecule has 0 radical (unpaired) electrons. The van der Waals surface area contributed by atoms with E-state index in [-0.39, 0.29) is 30.8 Å². The van der Waals surface area contributed by atoms with Gasteiger partial charge in [0.2, 0.25) is 11.8 Å². The molecule has 3 amide bonds. The third-order valence-electron chi connectivity index (χ3n) is 5.42. The fraction of sp³-hybridized carbons (Fsp3) is 0.826. The van der Waals surface area contributed by atoms with Crippen molar-refractivity contribution in [2.24, 2.45) is 5.92 Å². The van der Waals surface area contributed by atoms with E-state index in [1.54, 1.807) is 0 Å². The molecule has 0 aromatic rings. The third kappa shape index (κ3) is 12.4. The van der Waals surface area contributed by atoms with Gasteiger partial charge in [0.25, 0.3) is 0 Å².